The molecule has 11 heavy (non-hydrogen) atoms. The van der Waals surface area contributed by atoms with Crippen LogP contribution in [-0.2, 0) is 7.05 Å². The second kappa shape index (κ2) is 4.68. The first-order valence-corrected chi connectivity index (χ1v) is 3.42. The smallest absolute Gasteiger partial charge is 0.160 e. The summed E-state index contributed by atoms with van der Waals surface area (Å²) in [5.41, 5.74) is 10.4. The van der Waals surface area contributed by atoms with Crippen LogP contribution in [-0.4, -0.2) is 14.7 Å². The third-order valence-electron chi connectivity index (χ3n) is 1.06. The molecule has 0 aliphatic rings. The fraction of sp³-hybridized carbons (Fsp3) is 0.333. The Labute approximate surface area is 71.2 Å². The zero-order valence-electron chi connectivity index (χ0n) is 6.61. The average Bonchev–Trinajstić information content (AvgIpc) is 2.15. The van der Waals surface area contributed by atoms with Gasteiger partial charge in [-0.1, -0.05) is 0 Å². The van der Waals surface area contributed by atoms with Gasteiger partial charge in [-0.2, -0.15) is 0 Å². The van der Waals surface area contributed by atoms with E-state index >= 15 is 0 Å². The lowest BCUT2D eigenvalue weighted by molar-refractivity contribution is 0.873. The molecule has 0 saturated carbocycles. The molecule has 0 aliphatic carbocycles. The minimum Gasteiger partial charge on any atom is -0.377 e. The van der Waals surface area contributed by atoms with Gasteiger partial charge in [0.1, 0.15) is 0 Å². The largest absolute Gasteiger partial charge is 0.377 e. The number of rotatable bonds is 0. The summed E-state index contributed by atoms with van der Waals surface area (Å²) in [5.74, 6) is 0. The van der Waals surface area contributed by atoms with Gasteiger partial charge in [-0.05, 0) is 19.1 Å². The summed E-state index contributed by atoms with van der Waals surface area (Å²) in [6.45, 7) is 2.02. The Balaban J connectivity index is 0.000000218. The van der Waals surface area contributed by atoms with Gasteiger partial charge in [0.05, 0.1) is 6.33 Å². The highest BCUT2D eigenvalue weighted by Gasteiger charge is 1.83. The van der Waals surface area contributed by atoms with Crippen LogP contribution in [0.3, 0.4) is 0 Å². The van der Waals surface area contributed by atoms with Crippen LogP contribution in [0.5, 0.6) is 0 Å². The molecule has 0 aliphatic heterocycles. The maximum Gasteiger partial charge on any atom is 0.160 e. The third-order valence-corrected chi connectivity index (χ3v) is 1.06. The number of nitrogens with zero attached hydrogens (tertiary/aromatic N) is 2. The molecule has 0 amide bonds. The highest BCUT2D eigenvalue weighted by molar-refractivity contribution is 7.80. The van der Waals surface area contributed by atoms with Crippen LogP contribution < -0.4 is 11.5 Å². The summed E-state index contributed by atoms with van der Waals surface area (Å²) in [4.78, 5) is 3.88. The first kappa shape index (κ1) is 9.90. The van der Waals surface area contributed by atoms with Crippen molar-refractivity contribution in [2.75, 3.05) is 0 Å². The Bertz CT molecular complexity index is 210. The van der Waals surface area contributed by atoms with Crippen LogP contribution in [0.15, 0.2) is 12.5 Å². The maximum absolute atomic E-state index is 4.62. The topological polar surface area (TPSA) is 69.9 Å². The van der Waals surface area contributed by atoms with E-state index in [-0.39, 0.29) is 5.11 Å². The monoisotopic (exact) mass is 172 g/mol. The van der Waals surface area contributed by atoms with Crippen molar-refractivity contribution in [2.24, 2.45) is 18.5 Å². The molecule has 4 nitrogen and oxygen atoms in total. The van der Waals surface area contributed by atoms with Gasteiger partial charge >= 0.3 is 0 Å². The van der Waals surface area contributed by atoms with E-state index in [1.165, 1.54) is 5.69 Å². The van der Waals surface area contributed by atoms with E-state index in [1.807, 2.05) is 24.7 Å². The third kappa shape index (κ3) is 5.35. The SMILES string of the molecule is Cc1cncn1C.NC(N)=S. The fourth-order valence-electron chi connectivity index (χ4n) is 0.423. The Morgan fingerprint density at radius 3 is 2.18 bits per heavy atom. The van der Waals surface area contributed by atoms with Crippen LogP contribution in [0.2, 0.25) is 0 Å². The number of aryl methyl sites for hydroxylation is 2. The average molecular weight is 172 g/mol. The zero-order chi connectivity index (χ0) is 8.85. The quantitative estimate of drug-likeness (QED) is 0.537. The minimum absolute atomic E-state index is 0.000000000000000222. The van der Waals surface area contributed by atoms with Crippen molar-refractivity contribution in [2.45, 2.75) is 6.92 Å². The molecule has 0 unspecified atom stereocenters. The van der Waals surface area contributed by atoms with Crippen LogP contribution >= 0.6 is 12.2 Å². The molecule has 1 aromatic rings. The lowest BCUT2D eigenvalue weighted by Crippen LogP contribution is -2.18. The Kier molecular flexibility index (Phi) is 4.21. The number of aromatic nitrogens is 2. The van der Waals surface area contributed by atoms with Gasteiger partial charge in [0.25, 0.3) is 0 Å². The molecule has 0 saturated heterocycles. The van der Waals surface area contributed by atoms with Crippen LogP contribution in [0.25, 0.3) is 0 Å². The summed E-state index contributed by atoms with van der Waals surface area (Å²) in [5, 5.41) is 0.000000000000000222. The fourth-order valence-corrected chi connectivity index (χ4v) is 0.423. The Morgan fingerprint density at radius 2 is 2.09 bits per heavy atom. The molecule has 1 aromatic heterocycles. The van der Waals surface area contributed by atoms with Gasteiger partial charge in [-0.3, -0.25) is 0 Å². The van der Waals surface area contributed by atoms with E-state index in [0.29, 0.717) is 0 Å². The normalized spacial score (nSPS) is 8.18. The molecule has 0 bridgehead atoms. The molecule has 0 aromatic carbocycles. The molecule has 5 heteroatoms. The Morgan fingerprint density at radius 1 is 1.64 bits per heavy atom. The molecular weight excluding hydrogens is 160 g/mol. The highest BCUT2D eigenvalue weighted by Crippen LogP contribution is 1.88. The number of imidazole rings is 1. The predicted molar refractivity (Wildman–Crippen MR) is 48.9 cm³/mol. The summed E-state index contributed by atoms with van der Waals surface area (Å²) < 4.78 is 1.97. The molecule has 1 heterocycles. The molecule has 4 N–H and O–H groups in total. The van der Waals surface area contributed by atoms with Gasteiger partial charge in [0.15, 0.2) is 5.11 Å². The molecule has 0 radical (unpaired) electrons. The number of hydrogen-bond donors (Lipinski definition) is 2. The molecule has 0 spiro atoms. The Hall–Kier alpha value is -1.10. The number of nitrogens with two attached hydrogens (primary N) is 2. The van der Waals surface area contributed by atoms with Crippen molar-refractivity contribution >= 4 is 17.3 Å². The van der Waals surface area contributed by atoms with Crippen molar-refractivity contribution in [1.82, 2.24) is 9.55 Å². The molecule has 1 rings (SSSR count). The summed E-state index contributed by atoms with van der Waals surface area (Å²) >= 11 is 4.09. The molecule has 0 fully saturated rings. The van der Waals surface area contributed by atoms with Gasteiger partial charge in [-0.25, -0.2) is 4.98 Å². The van der Waals surface area contributed by atoms with Crippen molar-refractivity contribution in [3.8, 4) is 0 Å². The second-order valence-corrected chi connectivity index (χ2v) is 2.52. The molecule has 62 valence electrons. The van der Waals surface area contributed by atoms with Gasteiger partial charge in [0, 0.05) is 18.9 Å². The van der Waals surface area contributed by atoms with E-state index in [0.717, 1.165) is 0 Å². The van der Waals surface area contributed by atoms with Crippen molar-refractivity contribution in [3.05, 3.63) is 18.2 Å². The van der Waals surface area contributed by atoms with Crippen LogP contribution in [0, 0.1) is 6.92 Å². The first-order valence-electron chi connectivity index (χ1n) is 3.02. The van der Waals surface area contributed by atoms with Crippen molar-refractivity contribution < 1.29 is 0 Å². The van der Waals surface area contributed by atoms with Crippen LogP contribution in [0.4, 0.5) is 0 Å². The first-order chi connectivity index (χ1) is 5.04. The van der Waals surface area contributed by atoms with E-state index in [1.54, 1.807) is 6.33 Å². The highest BCUT2D eigenvalue weighted by atomic mass is 32.1. The number of thiocarbonyl (C=S) groups is 1. The van der Waals surface area contributed by atoms with Gasteiger partial charge < -0.3 is 16.0 Å². The predicted octanol–water partition coefficient (Wildman–Crippen LogP) is -0.0828. The number of hydrogen-bond acceptors (Lipinski definition) is 2. The summed E-state index contributed by atoms with van der Waals surface area (Å²) in [6, 6.07) is 0. The van der Waals surface area contributed by atoms with Crippen molar-refractivity contribution in [1.29, 1.82) is 0 Å². The summed E-state index contributed by atoms with van der Waals surface area (Å²) in [6.07, 6.45) is 3.62. The van der Waals surface area contributed by atoms with E-state index in [4.69, 9.17) is 0 Å². The lowest BCUT2D eigenvalue weighted by Gasteiger charge is -1.87. The second-order valence-electron chi connectivity index (χ2n) is 2.05. The van der Waals surface area contributed by atoms with E-state index in [9.17, 15) is 0 Å². The van der Waals surface area contributed by atoms with E-state index < -0.39 is 0 Å². The summed E-state index contributed by atoms with van der Waals surface area (Å²) in [7, 11) is 1.97. The van der Waals surface area contributed by atoms with Crippen LogP contribution in [0.1, 0.15) is 5.69 Å². The molecular formula is C6H12N4S. The lowest BCUT2D eigenvalue weighted by atomic mass is 10.5. The zero-order valence-corrected chi connectivity index (χ0v) is 7.43. The minimum atomic E-state index is 0.000000000000000222. The van der Waals surface area contributed by atoms with Gasteiger partial charge in [0.2, 0.25) is 0 Å². The van der Waals surface area contributed by atoms with Crippen molar-refractivity contribution in [3.63, 3.8) is 0 Å². The van der Waals surface area contributed by atoms with Gasteiger partial charge in [-0.15, -0.1) is 0 Å². The van der Waals surface area contributed by atoms with E-state index in [2.05, 4.69) is 28.7 Å². The molecule has 0 atom stereocenters. The standard InChI is InChI=1S/C5H8N2.CH4N2S/c1-5-3-6-4-7(5)2;2-1(3)4/h3-4H,1-2H3;(H4,2,3,4). The maximum atomic E-state index is 4.62.